The van der Waals surface area contributed by atoms with Crippen molar-refractivity contribution in [3.8, 4) is 0 Å². The van der Waals surface area contributed by atoms with E-state index in [0.29, 0.717) is 11.2 Å². The topological polar surface area (TPSA) is 41.4 Å². The lowest BCUT2D eigenvalue weighted by atomic mass is 9.81. The number of likely N-dealkylation sites (tertiary alicyclic amines) is 1. The van der Waals surface area contributed by atoms with Crippen LogP contribution in [0.1, 0.15) is 42.6 Å². The van der Waals surface area contributed by atoms with E-state index in [1.807, 2.05) is 11.9 Å². The Balaban J connectivity index is 1.66. The third-order valence-electron chi connectivity index (χ3n) is 5.34. The maximum Gasteiger partial charge on any atom is 0.272 e. The van der Waals surface area contributed by atoms with Crippen molar-refractivity contribution in [2.45, 2.75) is 37.6 Å². The van der Waals surface area contributed by atoms with Crippen LogP contribution in [0.15, 0.2) is 12.3 Å². The number of hydrogen-bond acceptors (Lipinski definition) is 3. The molecule has 21 heavy (non-hydrogen) atoms. The molecule has 1 amide bonds. The molecular weight excluding hydrogens is 264 g/mol. The van der Waals surface area contributed by atoms with Gasteiger partial charge in [0.15, 0.2) is 0 Å². The van der Waals surface area contributed by atoms with Gasteiger partial charge in [0, 0.05) is 31.9 Å². The van der Waals surface area contributed by atoms with E-state index in [0.717, 1.165) is 31.8 Å². The van der Waals surface area contributed by atoms with Crippen molar-refractivity contribution in [3.05, 3.63) is 18.0 Å². The summed E-state index contributed by atoms with van der Waals surface area (Å²) >= 11 is 0. The van der Waals surface area contributed by atoms with Crippen molar-refractivity contribution in [1.82, 2.24) is 19.6 Å². The van der Waals surface area contributed by atoms with Crippen LogP contribution in [0.5, 0.6) is 0 Å². The Morgan fingerprint density at radius 3 is 2.52 bits per heavy atom. The molecule has 5 nitrogen and oxygen atoms in total. The predicted octanol–water partition coefficient (Wildman–Crippen LogP) is 1.76. The molecule has 0 bridgehead atoms. The molecule has 5 heteroatoms. The number of carbonyl (C=O) groups excluding carboxylic acids is 1. The van der Waals surface area contributed by atoms with Gasteiger partial charge in [0.25, 0.3) is 5.91 Å². The van der Waals surface area contributed by atoms with Crippen LogP contribution in [0.3, 0.4) is 0 Å². The van der Waals surface area contributed by atoms with Crippen molar-refractivity contribution in [1.29, 1.82) is 0 Å². The minimum absolute atomic E-state index is 0.119. The molecular formula is C16H26N4O. The van der Waals surface area contributed by atoms with Gasteiger partial charge in [0.2, 0.25) is 0 Å². The molecule has 0 atom stereocenters. The second kappa shape index (κ2) is 5.44. The number of piperidine rings is 1. The highest BCUT2D eigenvalue weighted by molar-refractivity contribution is 5.92. The van der Waals surface area contributed by atoms with Gasteiger partial charge < -0.3 is 9.80 Å². The lowest BCUT2D eigenvalue weighted by Crippen LogP contribution is -2.54. The third kappa shape index (κ3) is 2.84. The fourth-order valence-electron chi connectivity index (χ4n) is 3.56. The van der Waals surface area contributed by atoms with Crippen LogP contribution in [0.2, 0.25) is 0 Å². The Bertz CT molecular complexity index is 510. The molecule has 1 aliphatic carbocycles. The SMILES string of the molecule is CN(C)C1(CC2CC2)CCN(C(=O)c2ccnn2C)CC1. The molecule has 1 saturated carbocycles. The van der Waals surface area contributed by atoms with Crippen LogP contribution in [-0.2, 0) is 7.05 Å². The minimum atomic E-state index is 0.119. The second-order valence-corrected chi connectivity index (χ2v) is 6.90. The molecule has 3 rings (SSSR count). The van der Waals surface area contributed by atoms with Crippen LogP contribution in [0.25, 0.3) is 0 Å². The average molecular weight is 290 g/mol. The van der Waals surface area contributed by atoms with Crippen LogP contribution in [0, 0.1) is 5.92 Å². The monoisotopic (exact) mass is 290 g/mol. The van der Waals surface area contributed by atoms with Gasteiger partial charge in [-0.2, -0.15) is 5.10 Å². The number of hydrogen-bond donors (Lipinski definition) is 0. The zero-order chi connectivity index (χ0) is 15.0. The predicted molar refractivity (Wildman–Crippen MR) is 82.1 cm³/mol. The fourth-order valence-corrected chi connectivity index (χ4v) is 3.56. The van der Waals surface area contributed by atoms with Gasteiger partial charge in [0.1, 0.15) is 5.69 Å². The maximum atomic E-state index is 12.5. The highest BCUT2D eigenvalue weighted by Gasteiger charge is 2.42. The Kier molecular flexibility index (Phi) is 3.78. The Morgan fingerprint density at radius 2 is 2.05 bits per heavy atom. The van der Waals surface area contributed by atoms with Crippen molar-refractivity contribution in [2.24, 2.45) is 13.0 Å². The standard InChI is InChI=1S/C16H26N4O/c1-18(2)16(12-13-4-5-13)7-10-20(11-8-16)15(21)14-6-9-17-19(14)3/h6,9,13H,4-5,7-8,10-12H2,1-3H3. The largest absolute Gasteiger partial charge is 0.337 e. The first kappa shape index (κ1) is 14.6. The van der Waals surface area contributed by atoms with Gasteiger partial charge in [0.05, 0.1) is 0 Å². The molecule has 0 radical (unpaired) electrons. The first-order valence-electron chi connectivity index (χ1n) is 7.96. The molecule has 0 N–H and O–H groups in total. The van der Waals surface area contributed by atoms with Gasteiger partial charge in [-0.25, -0.2) is 0 Å². The molecule has 2 fully saturated rings. The summed E-state index contributed by atoms with van der Waals surface area (Å²) in [5.41, 5.74) is 0.985. The molecule has 1 aliphatic heterocycles. The highest BCUT2D eigenvalue weighted by atomic mass is 16.2. The summed E-state index contributed by atoms with van der Waals surface area (Å²) in [5.74, 6) is 1.04. The molecule has 1 saturated heterocycles. The fraction of sp³-hybridized carbons (Fsp3) is 0.750. The molecule has 2 aliphatic rings. The molecule has 1 aromatic rings. The van der Waals surface area contributed by atoms with Gasteiger partial charge in [-0.15, -0.1) is 0 Å². The van der Waals surface area contributed by atoms with Crippen molar-refractivity contribution in [3.63, 3.8) is 0 Å². The normalized spacial score (nSPS) is 21.8. The van der Waals surface area contributed by atoms with Crippen LogP contribution in [0.4, 0.5) is 0 Å². The number of rotatable bonds is 4. The smallest absolute Gasteiger partial charge is 0.272 e. The third-order valence-corrected chi connectivity index (χ3v) is 5.34. The lowest BCUT2D eigenvalue weighted by molar-refractivity contribution is 0.0356. The molecule has 0 unspecified atom stereocenters. The number of amides is 1. The van der Waals surface area contributed by atoms with Crippen LogP contribution < -0.4 is 0 Å². The molecule has 1 aromatic heterocycles. The molecule has 0 spiro atoms. The summed E-state index contributed by atoms with van der Waals surface area (Å²) in [6, 6.07) is 1.81. The Morgan fingerprint density at radius 1 is 1.38 bits per heavy atom. The summed E-state index contributed by atoms with van der Waals surface area (Å²) in [5, 5.41) is 4.10. The summed E-state index contributed by atoms with van der Waals surface area (Å²) in [6.45, 7) is 1.71. The van der Waals surface area contributed by atoms with E-state index in [1.54, 1.807) is 16.9 Å². The summed E-state index contributed by atoms with van der Waals surface area (Å²) in [4.78, 5) is 16.9. The number of carbonyl (C=O) groups is 1. The average Bonchev–Trinajstić information content (AvgIpc) is 3.17. The summed E-state index contributed by atoms with van der Waals surface area (Å²) in [7, 11) is 6.22. The van der Waals surface area contributed by atoms with Gasteiger partial charge in [-0.1, -0.05) is 12.8 Å². The minimum Gasteiger partial charge on any atom is -0.337 e. The number of aromatic nitrogens is 2. The van der Waals surface area contributed by atoms with E-state index in [2.05, 4.69) is 24.1 Å². The second-order valence-electron chi connectivity index (χ2n) is 6.90. The van der Waals surface area contributed by atoms with Gasteiger partial charge in [-0.3, -0.25) is 9.48 Å². The highest BCUT2D eigenvalue weighted by Crippen LogP contribution is 2.42. The first-order chi connectivity index (χ1) is 10.0. The van der Waals surface area contributed by atoms with E-state index >= 15 is 0 Å². The Labute approximate surface area is 126 Å². The summed E-state index contributed by atoms with van der Waals surface area (Å²) in [6.07, 6.45) is 7.95. The maximum absolute atomic E-state index is 12.5. The zero-order valence-corrected chi connectivity index (χ0v) is 13.4. The molecule has 116 valence electrons. The Hall–Kier alpha value is -1.36. The van der Waals surface area contributed by atoms with Crippen LogP contribution >= 0.6 is 0 Å². The number of nitrogens with zero attached hydrogens (tertiary/aromatic N) is 4. The number of aryl methyl sites for hydroxylation is 1. The van der Waals surface area contributed by atoms with Crippen molar-refractivity contribution >= 4 is 5.91 Å². The quantitative estimate of drug-likeness (QED) is 0.848. The van der Waals surface area contributed by atoms with Gasteiger partial charge in [-0.05, 0) is 45.3 Å². The van der Waals surface area contributed by atoms with E-state index in [4.69, 9.17) is 0 Å². The van der Waals surface area contributed by atoms with E-state index < -0.39 is 0 Å². The lowest BCUT2D eigenvalue weighted by Gasteiger charge is -2.46. The first-order valence-corrected chi connectivity index (χ1v) is 7.96. The zero-order valence-electron chi connectivity index (χ0n) is 13.4. The summed E-state index contributed by atoms with van der Waals surface area (Å²) < 4.78 is 1.67. The van der Waals surface area contributed by atoms with E-state index in [-0.39, 0.29) is 5.91 Å². The van der Waals surface area contributed by atoms with E-state index in [9.17, 15) is 4.79 Å². The van der Waals surface area contributed by atoms with Crippen LogP contribution in [-0.4, -0.2) is 58.2 Å². The molecule has 2 heterocycles. The van der Waals surface area contributed by atoms with Gasteiger partial charge >= 0.3 is 0 Å². The van der Waals surface area contributed by atoms with Crippen molar-refractivity contribution in [2.75, 3.05) is 27.2 Å². The van der Waals surface area contributed by atoms with Crippen molar-refractivity contribution < 1.29 is 4.79 Å². The van der Waals surface area contributed by atoms with E-state index in [1.165, 1.54) is 19.3 Å². The molecule has 0 aromatic carbocycles.